The molecule has 116 valence electrons. The van der Waals surface area contributed by atoms with Gasteiger partial charge in [0.2, 0.25) is 0 Å². The first-order valence-electron chi connectivity index (χ1n) is 7.71. The molecule has 4 heteroatoms. The number of nitrogens with one attached hydrogen (secondary N) is 1. The van der Waals surface area contributed by atoms with Crippen LogP contribution in [-0.2, 0) is 0 Å². The lowest BCUT2D eigenvalue weighted by Crippen LogP contribution is -2.34. The molecule has 1 aliphatic rings. The molecular formula is C18H20F2N2. The molecule has 0 bridgehead atoms. The monoisotopic (exact) mass is 302 g/mol. The molecule has 1 saturated heterocycles. The van der Waals surface area contributed by atoms with Gasteiger partial charge in [-0.3, -0.25) is 4.90 Å². The van der Waals surface area contributed by atoms with Crippen molar-refractivity contribution >= 4 is 0 Å². The normalized spacial score (nSPS) is 16.7. The molecule has 1 N–H and O–H groups in total. The molecule has 0 aliphatic carbocycles. The molecule has 1 heterocycles. The minimum Gasteiger partial charge on any atom is -0.315 e. The van der Waals surface area contributed by atoms with Crippen LogP contribution in [0.25, 0.3) is 0 Å². The highest BCUT2D eigenvalue weighted by atomic mass is 19.1. The smallest absolute Gasteiger partial charge is 0.128 e. The standard InChI is InChI=1S/C18H20F2N2/c19-16-8-3-1-6-14(16)18(15-7-2-4-9-17(15)20)22-12-5-10-21-11-13-22/h1-4,6-9,18,21H,5,10-13H2. The van der Waals surface area contributed by atoms with E-state index in [0.717, 1.165) is 32.6 Å². The Hall–Kier alpha value is -1.78. The van der Waals surface area contributed by atoms with Crippen LogP contribution in [0.1, 0.15) is 23.6 Å². The molecule has 0 atom stereocenters. The summed E-state index contributed by atoms with van der Waals surface area (Å²) >= 11 is 0. The van der Waals surface area contributed by atoms with Crippen molar-refractivity contribution in [2.45, 2.75) is 12.5 Å². The lowest BCUT2D eigenvalue weighted by Gasteiger charge is -2.31. The Morgan fingerprint density at radius 3 is 2.00 bits per heavy atom. The number of halogens is 2. The summed E-state index contributed by atoms with van der Waals surface area (Å²) in [5.74, 6) is -0.569. The highest BCUT2D eigenvalue weighted by Crippen LogP contribution is 2.32. The van der Waals surface area contributed by atoms with Crippen molar-refractivity contribution in [2.75, 3.05) is 26.2 Å². The van der Waals surface area contributed by atoms with Crippen LogP contribution in [0.15, 0.2) is 48.5 Å². The molecule has 2 nitrogen and oxygen atoms in total. The van der Waals surface area contributed by atoms with E-state index >= 15 is 0 Å². The zero-order valence-electron chi connectivity index (χ0n) is 12.4. The van der Waals surface area contributed by atoms with Gasteiger partial charge in [-0.1, -0.05) is 36.4 Å². The number of rotatable bonds is 3. The van der Waals surface area contributed by atoms with Crippen molar-refractivity contribution in [2.24, 2.45) is 0 Å². The second-order valence-corrected chi connectivity index (χ2v) is 5.59. The Morgan fingerprint density at radius 1 is 0.818 bits per heavy atom. The largest absolute Gasteiger partial charge is 0.315 e. The van der Waals surface area contributed by atoms with Crippen LogP contribution in [0, 0.1) is 11.6 Å². The van der Waals surface area contributed by atoms with Crippen molar-refractivity contribution in [1.82, 2.24) is 10.2 Å². The van der Waals surface area contributed by atoms with E-state index in [0.29, 0.717) is 11.1 Å². The molecule has 0 radical (unpaired) electrons. The Kier molecular flexibility index (Phi) is 4.80. The van der Waals surface area contributed by atoms with Crippen molar-refractivity contribution in [3.8, 4) is 0 Å². The molecule has 1 fully saturated rings. The van der Waals surface area contributed by atoms with E-state index in [-0.39, 0.29) is 17.7 Å². The average molecular weight is 302 g/mol. The number of benzene rings is 2. The average Bonchev–Trinajstić information content (AvgIpc) is 2.80. The minimum atomic E-state index is -0.387. The Balaban J connectivity index is 2.06. The van der Waals surface area contributed by atoms with Gasteiger partial charge in [-0.2, -0.15) is 0 Å². The van der Waals surface area contributed by atoms with Gasteiger partial charge in [-0.05, 0) is 25.1 Å². The van der Waals surface area contributed by atoms with Gasteiger partial charge in [0.05, 0.1) is 6.04 Å². The third-order valence-corrected chi connectivity index (χ3v) is 4.14. The van der Waals surface area contributed by atoms with Crippen molar-refractivity contribution < 1.29 is 8.78 Å². The molecular weight excluding hydrogens is 282 g/mol. The van der Waals surface area contributed by atoms with Crippen LogP contribution in [-0.4, -0.2) is 31.1 Å². The fourth-order valence-electron chi connectivity index (χ4n) is 3.08. The maximum absolute atomic E-state index is 14.3. The van der Waals surface area contributed by atoms with Crippen molar-refractivity contribution in [3.05, 3.63) is 71.3 Å². The van der Waals surface area contributed by atoms with Gasteiger partial charge < -0.3 is 5.32 Å². The van der Waals surface area contributed by atoms with Crippen LogP contribution in [0.2, 0.25) is 0 Å². The van der Waals surface area contributed by atoms with Crippen LogP contribution < -0.4 is 5.32 Å². The molecule has 1 aliphatic heterocycles. The first-order valence-corrected chi connectivity index (χ1v) is 7.71. The first kappa shape index (κ1) is 15.1. The third-order valence-electron chi connectivity index (χ3n) is 4.14. The SMILES string of the molecule is Fc1ccccc1C(c1ccccc1F)N1CCCNCC1. The van der Waals surface area contributed by atoms with E-state index in [2.05, 4.69) is 10.2 Å². The van der Waals surface area contributed by atoms with E-state index in [1.54, 1.807) is 24.3 Å². The van der Waals surface area contributed by atoms with E-state index in [4.69, 9.17) is 0 Å². The van der Waals surface area contributed by atoms with Gasteiger partial charge in [-0.25, -0.2) is 8.78 Å². The minimum absolute atomic E-state index is 0.284. The summed E-state index contributed by atoms with van der Waals surface area (Å²) in [6, 6.07) is 13.0. The summed E-state index contributed by atoms with van der Waals surface area (Å²) in [5, 5.41) is 3.34. The lowest BCUT2D eigenvalue weighted by atomic mass is 9.95. The van der Waals surface area contributed by atoms with Crippen LogP contribution in [0.5, 0.6) is 0 Å². The summed E-state index contributed by atoms with van der Waals surface area (Å²) in [5.41, 5.74) is 1.07. The molecule has 0 unspecified atom stereocenters. The van der Waals surface area contributed by atoms with E-state index < -0.39 is 0 Å². The molecule has 0 saturated carbocycles. The zero-order chi connectivity index (χ0) is 15.4. The predicted molar refractivity (Wildman–Crippen MR) is 83.7 cm³/mol. The molecule has 3 rings (SSSR count). The summed E-state index contributed by atoms with van der Waals surface area (Å²) < 4.78 is 28.7. The molecule has 0 spiro atoms. The van der Waals surface area contributed by atoms with Crippen LogP contribution in [0.3, 0.4) is 0 Å². The fourth-order valence-corrected chi connectivity index (χ4v) is 3.08. The molecule has 0 amide bonds. The third kappa shape index (κ3) is 3.18. The molecule has 0 aromatic heterocycles. The maximum atomic E-state index is 14.3. The van der Waals surface area contributed by atoms with Crippen molar-refractivity contribution in [3.63, 3.8) is 0 Å². The lowest BCUT2D eigenvalue weighted by molar-refractivity contribution is 0.232. The second-order valence-electron chi connectivity index (χ2n) is 5.59. The summed E-state index contributed by atoms with van der Waals surface area (Å²) in [7, 11) is 0. The highest BCUT2D eigenvalue weighted by molar-refractivity contribution is 5.33. The first-order chi connectivity index (χ1) is 10.8. The van der Waals surface area contributed by atoms with Gasteiger partial charge in [0.15, 0.2) is 0 Å². The van der Waals surface area contributed by atoms with Crippen LogP contribution >= 0.6 is 0 Å². The second kappa shape index (κ2) is 6.99. The van der Waals surface area contributed by atoms with Gasteiger partial charge in [0.1, 0.15) is 11.6 Å². The quantitative estimate of drug-likeness (QED) is 0.935. The summed E-state index contributed by atoms with van der Waals surface area (Å²) in [4.78, 5) is 2.16. The van der Waals surface area contributed by atoms with Crippen molar-refractivity contribution in [1.29, 1.82) is 0 Å². The Morgan fingerprint density at radius 2 is 1.41 bits per heavy atom. The molecule has 2 aromatic rings. The molecule has 22 heavy (non-hydrogen) atoms. The number of nitrogens with zero attached hydrogens (tertiary/aromatic N) is 1. The summed E-state index contributed by atoms with van der Waals surface area (Å²) in [6.45, 7) is 3.37. The maximum Gasteiger partial charge on any atom is 0.128 e. The van der Waals surface area contributed by atoms with E-state index in [9.17, 15) is 8.78 Å². The van der Waals surface area contributed by atoms with Gasteiger partial charge >= 0.3 is 0 Å². The van der Waals surface area contributed by atoms with Gasteiger partial charge in [-0.15, -0.1) is 0 Å². The van der Waals surface area contributed by atoms with E-state index in [1.807, 2.05) is 12.1 Å². The van der Waals surface area contributed by atoms with E-state index in [1.165, 1.54) is 12.1 Å². The van der Waals surface area contributed by atoms with Gasteiger partial charge in [0, 0.05) is 30.8 Å². The highest BCUT2D eigenvalue weighted by Gasteiger charge is 2.27. The van der Waals surface area contributed by atoms with Gasteiger partial charge in [0.25, 0.3) is 0 Å². The fraction of sp³-hybridized carbons (Fsp3) is 0.333. The topological polar surface area (TPSA) is 15.3 Å². The Bertz CT molecular complexity index is 576. The number of hydrogen-bond acceptors (Lipinski definition) is 2. The number of hydrogen-bond donors (Lipinski definition) is 1. The zero-order valence-corrected chi connectivity index (χ0v) is 12.4. The Labute approximate surface area is 129 Å². The predicted octanol–water partition coefficient (Wildman–Crippen LogP) is 3.35. The van der Waals surface area contributed by atoms with Crippen LogP contribution in [0.4, 0.5) is 8.78 Å². The molecule has 2 aromatic carbocycles. The summed E-state index contributed by atoms with van der Waals surface area (Å²) in [6.07, 6.45) is 0.972.